The van der Waals surface area contributed by atoms with Crippen LogP contribution in [-0.2, 0) is 25.7 Å². The summed E-state index contributed by atoms with van der Waals surface area (Å²) >= 11 is 0. The molecule has 0 unspecified atom stereocenters. The second kappa shape index (κ2) is 19.9. The highest BCUT2D eigenvalue weighted by molar-refractivity contribution is 6.01. The van der Waals surface area contributed by atoms with E-state index in [1.165, 1.54) is 30.3 Å². The summed E-state index contributed by atoms with van der Waals surface area (Å²) in [6.45, 7) is 2.41. The Labute approximate surface area is 292 Å². The number of benzene rings is 2. The van der Waals surface area contributed by atoms with E-state index in [0.717, 1.165) is 17.0 Å². The van der Waals surface area contributed by atoms with E-state index in [1.807, 2.05) is 0 Å². The van der Waals surface area contributed by atoms with Crippen LogP contribution in [0.2, 0.25) is 0 Å². The SMILES string of the molecule is C#CCN(CC#C)C(=O)c1cc(NC(=O)[C@H](CCCNC(N)=O)NC(=O)[C@@H](OC(N)=O)C(C)C)ccc1COC(=O)Oc1ccc([N+](=O)[O-])cc1. The maximum Gasteiger partial charge on any atom is 0.514 e. The largest absolute Gasteiger partial charge is 0.514 e. The molecule has 7 N–H and O–H groups in total. The van der Waals surface area contributed by atoms with Crippen LogP contribution in [0.5, 0.6) is 5.75 Å². The number of ether oxygens (including phenoxy) is 3. The Balaban J connectivity index is 2.36. The Bertz CT molecular complexity index is 1680. The molecule has 18 nitrogen and oxygen atoms in total. The van der Waals surface area contributed by atoms with E-state index >= 15 is 0 Å². The van der Waals surface area contributed by atoms with E-state index in [1.54, 1.807) is 13.8 Å². The van der Waals surface area contributed by atoms with Gasteiger partial charge >= 0.3 is 18.3 Å². The van der Waals surface area contributed by atoms with E-state index < -0.39 is 65.6 Å². The second-order valence-electron chi connectivity index (χ2n) is 10.9. The van der Waals surface area contributed by atoms with Crippen molar-refractivity contribution >= 4 is 47.4 Å². The van der Waals surface area contributed by atoms with Crippen LogP contribution in [0.4, 0.5) is 25.8 Å². The van der Waals surface area contributed by atoms with Gasteiger partial charge in [0.15, 0.2) is 6.10 Å². The van der Waals surface area contributed by atoms with Crippen LogP contribution in [0, 0.1) is 40.7 Å². The van der Waals surface area contributed by atoms with Gasteiger partial charge in [0.25, 0.3) is 17.5 Å². The first kappa shape index (κ1) is 40.4. The zero-order valence-electron chi connectivity index (χ0n) is 27.7. The average molecular weight is 708 g/mol. The number of carbonyl (C=O) groups excluding carboxylic acids is 6. The molecule has 270 valence electrons. The van der Waals surface area contributed by atoms with Crippen molar-refractivity contribution in [2.45, 2.75) is 45.4 Å². The highest BCUT2D eigenvalue weighted by atomic mass is 16.7. The van der Waals surface area contributed by atoms with E-state index in [-0.39, 0.29) is 60.7 Å². The molecule has 51 heavy (non-hydrogen) atoms. The fourth-order valence-corrected chi connectivity index (χ4v) is 4.35. The van der Waals surface area contributed by atoms with Gasteiger partial charge in [-0.15, -0.1) is 12.8 Å². The molecular formula is C33H37N7O11. The number of anilines is 1. The molecule has 0 saturated carbocycles. The first-order valence-corrected chi connectivity index (χ1v) is 15.2. The predicted molar refractivity (Wildman–Crippen MR) is 181 cm³/mol. The Morgan fingerprint density at radius 1 is 0.980 bits per heavy atom. The van der Waals surface area contributed by atoms with Crippen LogP contribution < -0.4 is 32.2 Å². The van der Waals surface area contributed by atoms with Crippen LogP contribution in [0.15, 0.2) is 42.5 Å². The summed E-state index contributed by atoms with van der Waals surface area (Å²) < 4.78 is 15.1. The van der Waals surface area contributed by atoms with Crippen LogP contribution in [-0.4, -0.2) is 77.6 Å². The van der Waals surface area contributed by atoms with Crippen molar-refractivity contribution in [3.63, 3.8) is 0 Å². The van der Waals surface area contributed by atoms with Gasteiger partial charge in [0.05, 0.1) is 18.0 Å². The minimum atomic E-state index is -1.32. The Morgan fingerprint density at radius 3 is 2.18 bits per heavy atom. The number of terminal acetylenes is 2. The van der Waals surface area contributed by atoms with Gasteiger partial charge in [-0.1, -0.05) is 31.8 Å². The number of non-ortho nitro benzene ring substituents is 1. The smallest absolute Gasteiger partial charge is 0.436 e. The van der Waals surface area contributed by atoms with Crippen molar-refractivity contribution in [2.75, 3.05) is 25.0 Å². The summed E-state index contributed by atoms with van der Waals surface area (Å²) in [4.78, 5) is 86.4. The van der Waals surface area contributed by atoms with Gasteiger partial charge in [-0.05, 0) is 43.0 Å². The van der Waals surface area contributed by atoms with Gasteiger partial charge in [0, 0.05) is 35.5 Å². The monoisotopic (exact) mass is 707 g/mol. The molecule has 0 spiro atoms. The number of nitro groups is 1. The average Bonchev–Trinajstić information content (AvgIpc) is 3.07. The number of nitrogens with two attached hydrogens (primary N) is 2. The number of nitrogens with one attached hydrogen (secondary N) is 3. The number of hydrogen-bond acceptors (Lipinski definition) is 11. The van der Waals surface area contributed by atoms with E-state index in [9.17, 15) is 38.9 Å². The third-order valence-corrected chi connectivity index (χ3v) is 6.76. The molecule has 0 aliphatic rings. The number of rotatable bonds is 17. The van der Waals surface area contributed by atoms with Crippen molar-refractivity contribution in [1.29, 1.82) is 0 Å². The minimum Gasteiger partial charge on any atom is -0.436 e. The number of amides is 6. The first-order chi connectivity index (χ1) is 24.2. The molecule has 0 aliphatic carbocycles. The summed E-state index contributed by atoms with van der Waals surface area (Å²) in [6, 6.07) is 6.67. The molecule has 2 aromatic carbocycles. The van der Waals surface area contributed by atoms with E-state index in [4.69, 9.17) is 38.5 Å². The lowest BCUT2D eigenvalue weighted by Crippen LogP contribution is -2.50. The van der Waals surface area contributed by atoms with Crippen LogP contribution in [0.3, 0.4) is 0 Å². The van der Waals surface area contributed by atoms with Gasteiger partial charge in [-0.3, -0.25) is 24.5 Å². The Hall–Kier alpha value is -6.82. The Morgan fingerprint density at radius 2 is 1.63 bits per heavy atom. The number of nitro benzene ring substituents is 1. The van der Waals surface area contributed by atoms with Crippen LogP contribution in [0.25, 0.3) is 0 Å². The summed E-state index contributed by atoms with van der Waals surface area (Å²) in [5.41, 5.74) is 10.1. The number of urea groups is 1. The third kappa shape index (κ3) is 13.3. The van der Waals surface area contributed by atoms with Gasteiger partial charge in [-0.2, -0.15) is 0 Å². The van der Waals surface area contributed by atoms with Crippen molar-refractivity contribution in [2.24, 2.45) is 17.4 Å². The van der Waals surface area contributed by atoms with Crippen LogP contribution in [0.1, 0.15) is 42.6 Å². The standard InChI is InChI=1S/C33H37N7O11/c1-5-16-39(17-6-2)30(43)25-18-22(10-9-21(25)19-49-33(46)50-24-13-11-23(12-14-24)40(47)48)37-28(41)26(8-7-15-36-31(34)44)38-29(42)27(20(3)4)51-32(35)45/h1-2,9-14,18,20,26-27H,7-8,15-17,19H2,3-4H3,(H2,35,45)(H,37,41)(H,38,42)(H3,34,36,44)/t26-,27-/m0/s1. The second-order valence-corrected chi connectivity index (χ2v) is 10.9. The van der Waals surface area contributed by atoms with E-state index in [2.05, 4.69) is 27.8 Å². The molecule has 0 fully saturated rings. The molecule has 0 saturated heterocycles. The molecule has 0 radical (unpaired) electrons. The summed E-state index contributed by atoms with van der Waals surface area (Å²) in [5, 5.41) is 18.4. The number of primary amides is 2. The predicted octanol–water partition coefficient (Wildman–Crippen LogP) is 2.01. The number of nitrogens with zero attached hydrogens (tertiary/aromatic N) is 2. The molecule has 2 atom stereocenters. The molecule has 0 aromatic heterocycles. The van der Waals surface area contributed by atoms with Gasteiger partial charge in [0.1, 0.15) is 18.4 Å². The van der Waals surface area contributed by atoms with Gasteiger partial charge < -0.3 is 46.5 Å². The summed E-state index contributed by atoms with van der Waals surface area (Å²) in [6.07, 6.45) is 7.32. The van der Waals surface area contributed by atoms with Crippen molar-refractivity contribution < 1.29 is 47.9 Å². The van der Waals surface area contributed by atoms with Crippen molar-refractivity contribution in [3.8, 4) is 30.4 Å². The van der Waals surface area contributed by atoms with Crippen LogP contribution >= 0.6 is 0 Å². The maximum absolute atomic E-state index is 13.6. The molecule has 0 heterocycles. The van der Waals surface area contributed by atoms with Crippen molar-refractivity contribution in [1.82, 2.24) is 15.5 Å². The number of hydrogen-bond donors (Lipinski definition) is 5. The fraction of sp³-hybridized carbons (Fsp3) is 0.333. The lowest BCUT2D eigenvalue weighted by molar-refractivity contribution is -0.384. The summed E-state index contributed by atoms with van der Waals surface area (Å²) in [5.74, 6) is 1.88. The number of carbonyl (C=O) groups is 6. The molecule has 2 rings (SSSR count). The summed E-state index contributed by atoms with van der Waals surface area (Å²) in [7, 11) is 0. The lowest BCUT2D eigenvalue weighted by atomic mass is 10.0. The molecule has 0 aliphatic heterocycles. The maximum atomic E-state index is 13.6. The quantitative estimate of drug-likeness (QED) is 0.0396. The highest BCUT2D eigenvalue weighted by Crippen LogP contribution is 2.22. The van der Waals surface area contributed by atoms with Gasteiger partial charge in [-0.25, -0.2) is 14.4 Å². The molecule has 18 heteroatoms. The molecule has 0 bridgehead atoms. The molecule has 2 aromatic rings. The lowest BCUT2D eigenvalue weighted by Gasteiger charge is -2.24. The molecular weight excluding hydrogens is 670 g/mol. The van der Waals surface area contributed by atoms with E-state index in [0.29, 0.717) is 0 Å². The highest BCUT2D eigenvalue weighted by Gasteiger charge is 2.30. The first-order valence-electron chi connectivity index (χ1n) is 15.2. The minimum absolute atomic E-state index is 0.00800. The topological polar surface area (TPSA) is 265 Å². The van der Waals surface area contributed by atoms with Crippen molar-refractivity contribution in [3.05, 3.63) is 63.7 Å². The third-order valence-electron chi connectivity index (χ3n) is 6.76. The zero-order valence-corrected chi connectivity index (χ0v) is 27.7. The normalized spacial score (nSPS) is 11.4. The molecule has 6 amide bonds. The van der Waals surface area contributed by atoms with Gasteiger partial charge in [0.2, 0.25) is 5.91 Å². The fourth-order valence-electron chi connectivity index (χ4n) is 4.35. The zero-order chi connectivity index (χ0) is 38.1. The Kier molecular flexibility index (Phi) is 15.7.